The number of H-pyrrole nitrogens is 1. The van der Waals surface area contributed by atoms with Crippen LogP contribution in [0.2, 0.25) is 5.02 Å². The van der Waals surface area contributed by atoms with Gasteiger partial charge in [-0.2, -0.15) is 10.1 Å². The van der Waals surface area contributed by atoms with Crippen LogP contribution in [0.4, 0.5) is 5.95 Å². The summed E-state index contributed by atoms with van der Waals surface area (Å²) in [6.45, 7) is 0.329. The van der Waals surface area contributed by atoms with Crippen LogP contribution in [0, 0.1) is 0 Å². The first kappa shape index (κ1) is 20.4. The van der Waals surface area contributed by atoms with Gasteiger partial charge in [-0.05, 0) is 47.5 Å². The SMILES string of the molecule is COc1ccc(C=NNc2nc3c(c(=O)[nH]c(=O)n3C)n2Cc2ccc(Cl)cc2)cc1. The molecule has 2 N–H and O–H groups in total. The van der Waals surface area contributed by atoms with Gasteiger partial charge in [0.1, 0.15) is 5.75 Å². The van der Waals surface area contributed by atoms with Crippen molar-refractivity contribution in [2.24, 2.45) is 12.1 Å². The third kappa shape index (κ3) is 4.22. The average Bonchev–Trinajstić information content (AvgIpc) is 3.13. The second-order valence-corrected chi connectivity index (χ2v) is 7.22. The van der Waals surface area contributed by atoms with Gasteiger partial charge in [0, 0.05) is 12.1 Å². The Morgan fingerprint density at radius 2 is 1.87 bits per heavy atom. The van der Waals surface area contributed by atoms with Crippen LogP contribution in [-0.4, -0.2) is 32.4 Å². The van der Waals surface area contributed by atoms with Crippen molar-refractivity contribution in [2.45, 2.75) is 6.54 Å². The molecular formula is C21H19ClN6O3. The van der Waals surface area contributed by atoms with Crippen LogP contribution >= 0.6 is 11.6 Å². The Labute approximate surface area is 181 Å². The summed E-state index contributed by atoms with van der Waals surface area (Å²) in [5.74, 6) is 1.07. The van der Waals surface area contributed by atoms with Gasteiger partial charge >= 0.3 is 5.69 Å². The van der Waals surface area contributed by atoms with Crippen molar-refractivity contribution in [3.63, 3.8) is 0 Å². The average molecular weight is 439 g/mol. The van der Waals surface area contributed by atoms with Crippen molar-refractivity contribution < 1.29 is 4.74 Å². The Bertz CT molecular complexity index is 1370. The topological polar surface area (TPSA) is 106 Å². The number of imidazole rings is 1. The number of aromatic amines is 1. The molecular weight excluding hydrogens is 420 g/mol. The van der Waals surface area contributed by atoms with Gasteiger partial charge in [0.25, 0.3) is 5.56 Å². The van der Waals surface area contributed by atoms with Crippen molar-refractivity contribution in [2.75, 3.05) is 12.5 Å². The number of methoxy groups -OCH3 is 1. The highest BCUT2D eigenvalue weighted by Gasteiger charge is 2.17. The first-order chi connectivity index (χ1) is 15.0. The molecule has 10 heteroatoms. The Kier molecular flexibility index (Phi) is 5.59. The van der Waals surface area contributed by atoms with E-state index < -0.39 is 11.2 Å². The van der Waals surface area contributed by atoms with Gasteiger partial charge < -0.3 is 4.74 Å². The van der Waals surface area contributed by atoms with Crippen molar-refractivity contribution in [1.82, 2.24) is 19.1 Å². The first-order valence-electron chi connectivity index (χ1n) is 9.33. The predicted octanol–water partition coefficient (Wildman–Crippen LogP) is 2.58. The number of halogens is 1. The van der Waals surface area contributed by atoms with Gasteiger partial charge in [-0.15, -0.1) is 0 Å². The minimum Gasteiger partial charge on any atom is -0.497 e. The molecule has 158 valence electrons. The molecule has 4 aromatic rings. The van der Waals surface area contributed by atoms with Crippen LogP contribution in [0.25, 0.3) is 11.2 Å². The number of hydrogen-bond acceptors (Lipinski definition) is 6. The molecule has 31 heavy (non-hydrogen) atoms. The van der Waals surface area contributed by atoms with Gasteiger partial charge in [0.05, 0.1) is 19.9 Å². The second kappa shape index (κ2) is 8.49. The van der Waals surface area contributed by atoms with E-state index in [1.807, 2.05) is 36.4 Å². The normalized spacial score (nSPS) is 11.3. The lowest BCUT2D eigenvalue weighted by Gasteiger charge is -2.08. The Balaban J connectivity index is 1.73. The fraction of sp³-hybridized carbons (Fsp3) is 0.143. The highest BCUT2D eigenvalue weighted by Crippen LogP contribution is 2.19. The van der Waals surface area contributed by atoms with E-state index in [-0.39, 0.29) is 11.2 Å². The minimum absolute atomic E-state index is 0.255. The number of aryl methyl sites for hydroxylation is 1. The highest BCUT2D eigenvalue weighted by molar-refractivity contribution is 6.30. The van der Waals surface area contributed by atoms with Crippen LogP contribution in [0.3, 0.4) is 0 Å². The van der Waals surface area contributed by atoms with E-state index in [2.05, 4.69) is 20.5 Å². The number of hydrogen-bond donors (Lipinski definition) is 2. The molecule has 0 aliphatic rings. The molecule has 0 saturated carbocycles. The van der Waals surface area contributed by atoms with Gasteiger partial charge in [0.15, 0.2) is 11.2 Å². The standard InChI is InChI=1S/C21H19ClN6O3/c1-27-18-17(19(29)25-21(27)30)28(12-14-3-7-15(22)8-4-14)20(24-18)26-23-11-13-5-9-16(31-2)10-6-13/h3-11H,12H2,1-2H3,(H,24,26)(H,25,29,30). The Morgan fingerprint density at radius 1 is 1.16 bits per heavy atom. The van der Waals surface area contributed by atoms with Gasteiger partial charge in [-0.1, -0.05) is 23.7 Å². The molecule has 0 amide bonds. The quantitative estimate of drug-likeness (QED) is 0.355. The molecule has 0 saturated heterocycles. The number of anilines is 1. The van der Waals surface area contributed by atoms with Crippen molar-refractivity contribution in [3.8, 4) is 5.75 Å². The van der Waals surface area contributed by atoms with E-state index in [4.69, 9.17) is 16.3 Å². The highest BCUT2D eigenvalue weighted by atomic mass is 35.5. The summed E-state index contributed by atoms with van der Waals surface area (Å²) in [6.07, 6.45) is 1.62. The smallest absolute Gasteiger partial charge is 0.329 e. The Morgan fingerprint density at radius 3 is 2.55 bits per heavy atom. The van der Waals surface area contributed by atoms with E-state index in [1.54, 1.807) is 37.1 Å². The van der Waals surface area contributed by atoms with Gasteiger partial charge in [-0.25, -0.2) is 10.2 Å². The number of fused-ring (bicyclic) bond motifs is 1. The summed E-state index contributed by atoms with van der Waals surface area (Å²) >= 11 is 5.98. The number of rotatable bonds is 6. The lowest BCUT2D eigenvalue weighted by atomic mass is 10.2. The van der Waals surface area contributed by atoms with E-state index >= 15 is 0 Å². The van der Waals surface area contributed by atoms with Gasteiger partial charge in [-0.3, -0.25) is 18.9 Å². The number of ether oxygens (including phenoxy) is 1. The van der Waals surface area contributed by atoms with Crippen LogP contribution in [0.5, 0.6) is 5.75 Å². The van der Waals surface area contributed by atoms with Crippen LogP contribution in [0.15, 0.2) is 63.2 Å². The molecule has 0 unspecified atom stereocenters. The zero-order valence-electron chi connectivity index (χ0n) is 16.8. The minimum atomic E-state index is -0.540. The number of benzene rings is 2. The summed E-state index contributed by atoms with van der Waals surface area (Å²) < 4.78 is 8.10. The molecule has 0 spiro atoms. The zero-order valence-corrected chi connectivity index (χ0v) is 17.6. The van der Waals surface area contributed by atoms with Crippen molar-refractivity contribution >= 4 is 34.9 Å². The van der Waals surface area contributed by atoms with E-state index in [9.17, 15) is 9.59 Å². The fourth-order valence-corrected chi connectivity index (χ4v) is 3.23. The maximum absolute atomic E-state index is 12.6. The second-order valence-electron chi connectivity index (χ2n) is 6.78. The summed E-state index contributed by atoms with van der Waals surface area (Å²) in [4.78, 5) is 31.3. The maximum Gasteiger partial charge on any atom is 0.329 e. The molecule has 2 aromatic heterocycles. The predicted molar refractivity (Wildman–Crippen MR) is 120 cm³/mol. The largest absolute Gasteiger partial charge is 0.497 e. The number of nitrogens with one attached hydrogen (secondary N) is 2. The molecule has 4 rings (SSSR count). The molecule has 0 radical (unpaired) electrons. The third-order valence-electron chi connectivity index (χ3n) is 4.75. The molecule has 0 atom stereocenters. The number of aromatic nitrogens is 4. The molecule has 2 heterocycles. The molecule has 9 nitrogen and oxygen atoms in total. The van der Waals surface area contributed by atoms with Crippen LogP contribution in [0.1, 0.15) is 11.1 Å². The molecule has 0 aliphatic carbocycles. The van der Waals surface area contributed by atoms with Crippen LogP contribution < -0.4 is 21.4 Å². The van der Waals surface area contributed by atoms with Gasteiger partial charge in [0.2, 0.25) is 5.95 Å². The lowest BCUT2D eigenvalue weighted by molar-refractivity contribution is 0.415. The summed E-state index contributed by atoms with van der Waals surface area (Å²) in [7, 11) is 3.15. The molecule has 0 fully saturated rings. The van der Waals surface area contributed by atoms with E-state index in [1.165, 1.54) is 4.57 Å². The summed E-state index contributed by atoms with van der Waals surface area (Å²) in [5.41, 5.74) is 4.09. The maximum atomic E-state index is 12.6. The summed E-state index contributed by atoms with van der Waals surface area (Å²) in [6, 6.07) is 14.6. The number of nitrogens with zero attached hydrogens (tertiary/aromatic N) is 4. The molecule has 2 aromatic carbocycles. The van der Waals surface area contributed by atoms with Crippen molar-refractivity contribution in [1.29, 1.82) is 0 Å². The zero-order chi connectivity index (χ0) is 22.0. The van der Waals surface area contributed by atoms with E-state index in [0.717, 1.165) is 16.9 Å². The van der Waals surface area contributed by atoms with Crippen molar-refractivity contribution in [3.05, 3.63) is 85.5 Å². The fourth-order valence-electron chi connectivity index (χ4n) is 3.10. The summed E-state index contributed by atoms with van der Waals surface area (Å²) in [5, 5.41) is 4.85. The third-order valence-corrected chi connectivity index (χ3v) is 5.01. The van der Waals surface area contributed by atoms with E-state index in [0.29, 0.717) is 17.5 Å². The monoisotopic (exact) mass is 438 g/mol. The lowest BCUT2D eigenvalue weighted by Crippen LogP contribution is -2.29. The first-order valence-corrected chi connectivity index (χ1v) is 9.71. The molecule has 0 aliphatic heterocycles. The Hall–Kier alpha value is -3.85. The van der Waals surface area contributed by atoms with Crippen LogP contribution in [-0.2, 0) is 13.6 Å². The molecule has 0 bridgehead atoms. The number of hydrazone groups is 1.